The summed E-state index contributed by atoms with van der Waals surface area (Å²) in [5.41, 5.74) is -0.0273. The van der Waals surface area contributed by atoms with E-state index in [0.29, 0.717) is 18.0 Å². The summed E-state index contributed by atoms with van der Waals surface area (Å²) in [7, 11) is 0. The van der Waals surface area contributed by atoms with E-state index in [1.807, 2.05) is 0 Å². The van der Waals surface area contributed by atoms with Gasteiger partial charge in [0.15, 0.2) is 0 Å². The van der Waals surface area contributed by atoms with Crippen molar-refractivity contribution in [2.75, 3.05) is 0 Å². The first-order valence-corrected chi connectivity index (χ1v) is 10.2. The number of rotatable bonds is 3. The third kappa shape index (κ3) is 2.37. The van der Waals surface area contributed by atoms with Gasteiger partial charge in [0.2, 0.25) is 5.91 Å². The lowest BCUT2D eigenvalue weighted by Gasteiger charge is -2.60. The predicted octanol–water partition coefficient (Wildman–Crippen LogP) is 4.90. The molecule has 3 heteroatoms. The second-order valence-electron chi connectivity index (χ2n) is 9.14. The molecule has 2 nitrogen and oxygen atoms in total. The molecule has 0 heterocycles. The molecule has 5 aliphatic carbocycles. The lowest BCUT2D eigenvalue weighted by atomic mass is 9.49. The zero-order valence-electron chi connectivity index (χ0n) is 14.1. The van der Waals surface area contributed by atoms with Crippen molar-refractivity contribution in [1.29, 1.82) is 0 Å². The van der Waals surface area contributed by atoms with E-state index in [-0.39, 0.29) is 9.74 Å². The van der Waals surface area contributed by atoms with Gasteiger partial charge in [-0.05, 0) is 77.0 Å². The van der Waals surface area contributed by atoms with Gasteiger partial charge >= 0.3 is 0 Å². The van der Waals surface area contributed by atoms with Gasteiger partial charge in [-0.25, -0.2) is 0 Å². The standard InChI is InChI=1S/C19H30BrNO/c1-13(2)21(16-5-3-4-6-16)17(22)18-8-14-7-15(9-18)11-19(20,10-14)12-18/h13-16H,3-12H2,1-2H3. The van der Waals surface area contributed by atoms with Gasteiger partial charge in [-0.3, -0.25) is 4.79 Å². The number of carbonyl (C=O) groups is 1. The number of halogens is 1. The fourth-order valence-corrected chi connectivity index (χ4v) is 8.13. The minimum absolute atomic E-state index is 0.0273. The Hall–Kier alpha value is -0.0500. The third-order valence-corrected chi connectivity index (χ3v) is 7.88. The van der Waals surface area contributed by atoms with Crippen LogP contribution in [0.2, 0.25) is 0 Å². The van der Waals surface area contributed by atoms with Crippen LogP contribution in [0.4, 0.5) is 0 Å². The molecule has 5 aliphatic rings. The van der Waals surface area contributed by atoms with Crippen LogP contribution in [-0.2, 0) is 4.79 Å². The largest absolute Gasteiger partial charge is 0.337 e. The summed E-state index contributed by atoms with van der Waals surface area (Å²) in [6.45, 7) is 4.45. The van der Waals surface area contributed by atoms with E-state index >= 15 is 0 Å². The van der Waals surface area contributed by atoms with Crippen LogP contribution in [0.25, 0.3) is 0 Å². The second-order valence-corrected chi connectivity index (χ2v) is 10.8. The zero-order valence-corrected chi connectivity index (χ0v) is 15.7. The Balaban J connectivity index is 1.63. The predicted molar refractivity (Wildman–Crippen MR) is 93.0 cm³/mol. The maximum Gasteiger partial charge on any atom is 0.229 e. The highest BCUT2D eigenvalue weighted by Crippen LogP contribution is 2.65. The molecule has 0 N–H and O–H groups in total. The van der Waals surface area contributed by atoms with Crippen molar-refractivity contribution in [3.63, 3.8) is 0 Å². The Morgan fingerprint density at radius 3 is 2.18 bits per heavy atom. The maximum absolute atomic E-state index is 13.7. The van der Waals surface area contributed by atoms with E-state index in [1.54, 1.807) is 0 Å². The Labute approximate surface area is 143 Å². The van der Waals surface area contributed by atoms with Crippen LogP contribution < -0.4 is 0 Å². The number of nitrogens with zero attached hydrogens (tertiary/aromatic N) is 1. The molecule has 0 radical (unpaired) electrons. The van der Waals surface area contributed by atoms with Crippen LogP contribution in [-0.4, -0.2) is 27.2 Å². The van der Waals surface area contributed by atoms with E-state index in [1.165, 1.54) is 57.8 Å². The molecule has 5 fully saturated rings. The summed E-state index contributed by atoms with van der Waals surface area (Å²) in [4.78, 5) is 16.0. The quantitative estimate of drug-likeness (QED) is 0.649. The number of hydrogen-bond acceptors (Lipinski definition) is 1. The average Bonchev–Trinajstić information content (AvgIpc) is 2.89. The molecule has 1 amide bonds. The summed E-state index contributed by atoms with van der Waals surface area (Å²) < 4.78 is 0.283. The molecule has 0 aliphatic heterocycles. The zero-order chi connectivity index (χ0) is 15.5. The van der Waals surface area contributed by atoms with E-state index < -0.39 is 0 Å². The summed E-state index contributed by atoms with van der Waals surface area (Å²) >= 11 is 4.06. The highest BCUT2D eigenvalue weighted by atomic mass is 79.9. The average molecular weight is 368 g/mol. The maximum atomic E-state index is 13.7. The molecule has 5 rings (SSSR count). The Morgan fingerprint density at radius 1 is 1.09 bits per heavy atom. The molecule has 0 aromatic carbocycles. The number of hydrogen-bond donors (Lipinski definition) is 0. The van der Waals surface area contributed by atoms with Gasteiger partial charge in [-0.2, -0.15) is 0 Å². The van der Waals surface area contributed by atoms with Gasteiger partial charge < -0.3 is 4.90 Å². The van der Waals surface area contributed by atoms with Crippen molar-refractivity contribution in [3.05, 3.63) is 0 Å². The lowest BCUT2D eigenvalue weighted by Crippen LogP contribution is -2.61. The Bertz CT molecular complexity index is 454. The van der Waals surface area contributed by atoms with Crippen molar-refractivity contribution in [3.8, 4) is 0 Å². The molecule has 22 heavy (non-hydrogen) atoms. The first kappa shape index (κ1) is 15.5. The van der Waals surface area contributed by atoms with Crippen LogP contribution in [0.15, 0.2) is 0 Å². The molecule has 0 spiro atoms. The fraction of sp³-hybridized carbons (Fsp3) is 0.947. The number of amides is 1. The molecule has 4 bridgehead atoms. The van der Waals surface area contributed by atoms with Crippen molar-refractivity contribution in [2.45, 2.75) is 94.5 Å². The van der Waals surface area contributed by atoms with Crippen LogP contribution in [0.1, 0.15) is 78.1 Å². The van der Waals surface area contributed by atoms with Gasteiger partial charge in [0.05, 0.1) is 5.41 Å². The molecule has 0 aromatic rings. The SMILES string of the molecule is CC(C)N(C(=O)C12CC3CC(CC(Br)(C3)C1)C2)C1CCCC1. The van der Waals surface area contributed by atoms with Crippen LogP contribution in [0.3, 0.4) is 0 Å². The second kappa shape index (κ2) is 5.22. The van der Waals surface area contributed by atoms with Crippen LogP contribution >= 0.6 is 15.9 Å². The molecule has 124 valence electrons. The van der Waals surface area contributed by atoms with Gasteiger partial charge in [-0.15, -0.1) is 0 Å². The smallest absolute Gasteiger partial charge is 0.229 e. The van der Waals surface area contributed by atoms with Gasteiger partial charge in [0, 0.05) is 16.4 Å². The highest BCUT2D eigenvalue weighted by molar-refractivity contribution is 9.10. The molecule has 2 atom stereocenters. The van der Waals surface area contributed by atoms with E-state index in [4.69, 9.17) is 0 Å². The summed E-state index contributed by atoms with van der Waals surface area (Å²) in [6, 6.07) is 0.877. The van der Waals surface area contributed by atoms with E-state index in [2.05, 4.69) is 34.7 Å². The van der Waals surface area contributed by atoms with Crippen molar-refractivity contribution >= 4 is 21.8 Å². The molecule has 0 aromatic heterocycles. The van der Waals surface area contributed by atoms with Gasteiger partial charge in [-0.1, -0.05) is 28.8 Å². The molecule has 5 saturated carbocycles. The number of carbonyl (C=O) groups excluding carboxylic acids is 1. The van der Waals surface area contributed by atoms with Crippen molar-refractivity contribution < 1.29 is 4.79 Å². The van der Waals surface area contributed by atoms with E-state index in [9.17, 15) is 4.79 Å². The highest BCUT2D eigenvalue weighted by Gasteiger charge is 2.61. The van der Waals surface area contributed by atoms with Crippen LogP contribution in [0.5, 0.6) is 0 Å². The minimum atomic E-state index is -0.0273. The molecular formula is C19H30BrNO. The number of alkyl halides is 1. The normalized spacial score (nSPS) is 44.0. The topological polar surface area (TPSA) is 20.3 Å². The molecular weight excluding hydrogens is 338 g/mol. The van der Waals surface area contributed by atoms with Crippen molar-refractivity contribution in [2.24, 2.45) is 17.3 Å². The Kier molecular flexibility index (Phi) is 3.68. The molecule has 0 saturated heterocycles. The first-order valence-electron chi connectivity index (χ1n) is 9.43. The Morgan fingerprint density at radius 2 is 1.68 bits per heavy atom. The third-order valence-electron chi connectivity index (χ3n) is 6.95. The lowest BCUT2D eigenvalue weighted by molar-refractivity contribution is -0.160. The summed E-state index contributed by atoms with van der Waals surface area (Å²) in [6.07, 6.45) is 12.5. The first-order chi connectivity index (χ1) is 10.4. The van der Waals surface area contributed by atoms with Gasteiger partial charge in [0.25, 0.3) is 0 Å². The monoisotopic (exact) mass is 367 g/mol. The summed E-state index contributed by atoms with van der Waals surface area (Å²) in [5, 5.41) is 0. The fourth-order valence-electron chi connectivity index (χ4n) is 6.68. The van der Waals surface area contributed by atoms with Crippen molar-refractivity contribution in [1.82, 2.24) is 4.90 Å². The van der Waals surface area contributed by atoms with Gasteiger partial charge in [0.1, 0.15) is 0 Å². The van der Waals surface area contributed by atoms with E-state index in [0.717, 1.165) is 18.3 Å². The summed E-state index contributed by atoms with van der Waals surface area (Å²) in [5.74, 6) is 2.11. The minimum Gasteiger partial charge on any atom is -0.337 e. The van der Waals surface area contributed by atoms with Crippen LogP contribution in [0, 0.1) is 17.3 Å². The molecule has 2 unspecified atom stereocenters.